The van der Waals surface area contributed by atoms with Gasteiger partial charge >= 0.3 is 0 Å². The summed E-state index contributed by atoms with van der Waals surface area (Å²) >= 11 is 0. The molecule has 0 saturated carbocycles. The van der Waals surface area contributed by atoms with Gasteiger partial charge in [0, 0.05) is 43.7 Å². The van der Waals surface area contributed by atoms with Gasteiger partial charge < -0.3 is 15.0 Å². The molecule has 2 rings (SSSR count). The zero-order valence-corrected chi connectivity index (χ0v) is 13.1. The van der Waals surface area contributed by atoms with Crippen LogP contribution in [0.2, 0.25) is 0 Å². The van der Waals surface area contributed by atoms with E-state index in [1.807, 2.05) is 32.0 Å². The molecule has 116 valence electrons. The Morgan fingerprint density at radius 3 is 2.77 bits per heavy atom. The average molecular weight is 301 g/mol. The number of hydrogen-bond donors (Lipinski definition) is 1. The summed E-state index contributed by atoms with van der Waals surface area (Å²) in [5.74, 6) is 1.55. The van der Waals surface area contributed by atoms with E-state index in [9.17, 15) is 4.79 Å². The van der Waals surface area contributed by atoms with Gasteiger partial charge in [-0.1, -0.05) is 0 Å². The second-order valence-corrected chi connectivity index (χ2v) is 4.95. The summed E-state index contributed by atoms with van der Waals surface area (Å²) in [6, 6.07) is 5.09. The summed E-state index contributed by atoms with van der Waals surface area (Å²) in [6.07, 6.45) is 1.53. The fraction of sp³-hybridized carbons (Fsp3) is 0.333. The maximum Gasteiger partial charge on any atom is 0.251 e. The van der Waals surface area contributed by atoms with Gasteiger partial charge in [0.05, 0.1) is 13.7 Å². The number of nitrogens with one attached hydrogen (secondary N) is 1. The van der Waals surface area contributed by atoms with Crippen LogP contribution in [-0.2, 0) is 6.54 Å². The molecule has 0 atom stereocenters. The Hall–Kier alpha value is -2.70. The highest BCUT2D eigenvalue weighted by molar-refractivity contribution is 5.94. The van der Waals surface area contributed by atoms with E-state index in [0.29, 0.717) is 17.3 Å². The molecule has 2 aromatic rings. The molecule has 22 heavy (non-hydrogen) atoms. The maximum absolute atomic E-state index is 12.1. The molecule has 0 unspecified atom stereocenters. The molecule has 0 saturated heterocycles. The molecule has 0 aliphatic heterocycles. The average Bonchev–Trinajstić information content (AvgIpc) is 2.52. The van der Waals surface area contributed by atoms with Crippen LogP contribution >= 0.6 is 0 Å². The highest BCUT2D eigenvalue weighted by atomic mass is 16.5. The smallest absolute Gasteiger partial charge is 0.251 e. The Kier molecular flexibility index (Phi) is 4.88. The third-order valence-electron chi connectivity index (χ3n) is 2.96. The molecule has 0 aliphatic rings. The summed E-state index contributed by atoms with van der Waals surface area (Å²) in [6.45, 7) is 2.15. The van der Waals surface area contributed by atoms with Crippen molar-refractivity contribution in [2.45, 2.75) is 13.5 Å². The van der Waals surface area contributed by atoms with Crippen molar-refractivity contribution >= 4 is 11.7 Å². The molecule has 1 N–H and O–H groups in total. The fourth-order valence-electron chi connectivity index (χ4n) is 1.84. The summed E-state index contributed by atoms with van der Waals surface area (Å²) in [4.78, 5) is 26.7. The Balaban J connectivity index is 2.07. The predicted molar refractivity (Wildman–Crippen MR) is 83.1 cm³/mol. The van der Waals surface area contributed by atoms with Crippen LogP contribution in [-0.4, -0.2) is 42.1 Å². The van der Waals surface area contributed by atoms with E-state index in [2.05, 4.69) is 20.3 Å². The number of aryl methyl sites for hydroxylation is 1. The Morgan fingerprint density at radius 2 is 2.09 bits per heavy atom. The molecule has 1 amide bonds. The quantitative estimate of drug-likeness (QED) is 0.893. The number of carbonyl (C=O) groups excluding carboxylic acids is 1. The van der Waals surface area contributed by atoms with Gasteiger partial charge in [-0.25, -0.2) is 15.0 Å². The minimum absolute atomic E-state index is 0.225. The molecule has 7 heteroatoms. The van der Waals surface area contributed by atoms with Crippen LogP contribution < -0.4 is 15.0 Å². The molecule has 2 aromatic heterocycles. The molecule has 7 nitrogen and oxygen atoms in total. The number of methoxy groups -OCH3 is 1. The number of nitrogens with zero attached hydrogens (tertiary/aromatic N) is 4. The van der Waals surface area contributed by atoms with E-state index in [0.717, 1.165) is 11.5 Å². The number of anilines is 1. The topological polar surface area (TPSA) is 80.2 Å². The van der Waals surface area contributed by atoms with E-state index in [1.165, 1.54) is 13.3 Å². The van der Waals surface area contributed by atoms with Crippen LogP contribution in [0, 0.1) is 6.92 Å². The van der Waals surface area contributed by atoms with Gasteiger partial charge in [-0.05, 0) is 13.0 Å². The normalized spacial score (nSPS) is 10.2. The number of pyridine rings is 1. The van der Waals surface area contributed by atoms with Crippen molar-refractivity contribution in [2.24, 2.45) is 0 Å². The molecular weight excluding hydrogens is 282 g/mol. The van der Waals surface area contributed by atoms with Crippen LogP contribution in [0.4, 0.5) is 5.82 Å². The van der Waals surface area contributed by atoms with Gasteiger partial charge in [-0.3, -0.25) is 4.79 Å². The van der Waals surface area contributed by atoms with Gasteiger partial charge in [0.1, 0.15) is 11.6 Å². The van der Waals surface area contributed by atoms with Gasteiger partial charge in [-0.2, -0.15) is 0 Å². The third-order valence-corrected chi connectivity index (χ3v) is 2.96. The number of rotatable bonds is 5. The van der Waals surface area contributed by atoms with Crippen molar-refractivity contribution in [1.29, 1.82) is 0 Å². The van der Waals surface area contributed by atoms with E-state index in [-0.39, 0.29) is 12.5 Å². The van der Waals surface area contributed by atoms with E-state index < -0.39 is 0 Å². The van der Waals surface area contributed by atoms with Gasteiger partial charge in [0.2, 0.25) is 5.88 Å². The highest BCUT2D eigenvalue weighted by Crippen LogP contribution is 2.10. The second-order valence-electron chi connectivity index (χ2n) is 4.95. The molecular formula is C15H19N5O2. The number of carbonyl (C=O) groups is 1. The van der Waals surface area contributed by atoms with Crippen LogP contribution in [0.3, 0.4) is 0 Å². The molecule has 0 aromatic carbocycles. The summed E-state index contributed by atoms with van der Waals surface area (Å²) in [5.41, 5.74) is 1.33. The highest BCUT2D eigenvalue weighted by Gasteiger charge is 2.09. The number of ether oxygens (including phenoxy) is 1. The Labute approximate surface area is 129 Å². The van der Waals surface area contributed by atoms with Crippen molar-refractivity contribution in [3.8, 4) is 5.88 Å². The fourth-order valence-corrected chi connectivity index (χ4v) is 1.84. The minimum Gasteiger partial charge on any atom is -0.481 e. The number of aromatic nitrogens is 3. The van der Waals surface area contributed by atoms with Crippen molar-refractivity contribution in [3.05, 3.63) is 41.5 Å². The predicted octanol–water partition coefficient (Wildman–Crippen LogP) is 1.18. The van der Waals surface area contributed by atoms with Crippen LogP contribution in [0.15, 0.2) is 24.4 Å². The lowest BCUT2D eigenvalue weighted by Gasteiger charge is -2.13. The monoisotopic (exact) mass is 301 g/mol. The molecule has 0 radical (unpaired) electrons. The third kappa shape index (κ3) is 3.91. The first-order valence-electron chi connectivity index (χ1n) is 6.79. The van der Waals surface area contributed by atoms with E-state index in [1.54, 1.807) is 12.1 Å². The van der Waals surface area contributed by atoms with E-state index in [4.69, 9.17) is 4.74 Å². The molecule has 2 heterocycles. The van der Waals surface area contributed by atoms with E-state index >= 15 is 0 Å². The molecule has 0 bridgehead atoms. The first-order chi connectivity index (χ1) is 10.5. The van der Waals surface area contributed by atoms with Crippen molar-refractivity contribution < 1.29 is 9.53 Å². The number of hydrogen-bond acceptors (Lipinski definition) is 6. The second kappa shape index (κ2) is 6.84. The zero-order chi connectivity index (χ0) is 16.1. The summed E-state index contributed by atoms with van der Waals surface area (Å²) in [7, 11) is 5.33. The van der Waals surface area contributed by atoms with Gasteiger partial charge in [0.25, 0.3) is 5.91 Å². The van der Waals surface area contributed by atoms with Gasteiger partial charge in [0.15, 0.2) is 0 Å². The summed E-state index contributed by atoms with van der Waals surface area (Å²) < 4.78 is 5.00. The molecule has 0 fully saturated rings. The Morgan fingerprint density at radius 1 is 1.32 bits per heavy atom. The lowest BCUT2D eigenvalue weighted by molar-refractivity contribution is 0.0949. The molecule has 0 spiro atoms. The van der Waals surface area contributed by atoms with Crippen LogP contribution in [0.1, 0.15) is 21.9 Å². The summed E-state index contributed by atoms with van der Waals surface area (Å²) in [5, 5.41) is 2.79. The Bertz CT molecular complexity index is 673. The standard InChI is InChI=1S/C15H19N5O2/c1-10-7-13(20(2)3)19-12(18-10)9-17-15(21)11-5-6-16-14(8-11)22-4/h5-8H,9H2,1-4H3,(H,17,21). The lowest BCUT2D eigenvalue weighted by Crippen LogP contribution is -2.24. The van der Waals surface area contributed by atoms with Crippen molar-refractivity contribution in [2.75, 3.05) is 26.1 Å². The zero-order valence-electron chi connectivity index (χ0n) is 13.1. The largest absolute Gasteiger partial charge is 0.481 e. The first kappa shape index (κ1) is 15.7. The van der Waals surface area contributed by atoms with Crippen molar-refractivity contribution in [3.63, 3.8) is 0 Å². The lowest BCUT2D eigenvalue weighted by atomic mass is 10.2. The van der Waals surface area contributed by atoms with Crippen molar-refractivity contribution in [1.82, 2.24) is 20.3 Å². The van der Waals surface area contributed by atoms with Crippen LogP contribution in [0.25, 0.3) is 0 Å². The maximum atomic E-state index is 12.1. The SMILES string of the molecule is COc1cc(C(=O)NCc2nc(C)cc(N(C)C)n2)ccn1. The molecule has 0 aliphatic carbocycles. The van der Waals surface area contributed by atoms with Gasteiger partial charge in [-0.15, -0.1) is 0 Å². The minimum atomic E-state index is -0.225. The number of amides is 1. The first-order valence-corrected chi connectivity index (χ1v) is 6.79. The van der Waals surface area contributed by atoms with Crippen LogP contribution in [0.5, 0.6) is 5.88 Å².